The van der Waals surface area contributed by atoms with Gasteiger partial charge < -0.3 is 4.42 Å². The standard InChI is InChI=1S/C52H38N2O/c1-5-16-38-40-24-14-25-42(50(40)55-47(38)6-2)46-31-45(33-18-8-7-9-19-33)53-51(54-46)41-29-28-37(35-21-12-13-22-36(35)41)39-23-15-26-43-49(39)48-34-20-11-10-17-32(34)27-30-44(48)52(43,3)4/h5-31H,2H2,1,3-4H3/b16-5-. The highest BCUT2D eigenvalue weighted by Crippen LogP contribution is 2.55. The lowest BCUT2D eigenvalue weighted by Gasteiger charge is -2.22. The average Bonchev–Trinajstić information content (AvgIpc) is 3.71. The summed E-state index contributed by atoms with van der Waals surface area (Å²) < 4.78 is 6.49. The quantitative estimate of drug-likeness (QED) is 0.173. The van der Waals surface area contributed by atoms with E-state index in [1.807, 2.05) is 19.1 Å². The highest BCUT2D eigenvalue weighted by atomic mass is 16.3. The Kier molecular flexibility index (Phi) is 7.53. The molecule has 0 bridgehead atoms. The van der Waals surface area contributed by atoms with E-state index < -0.39 is 0 Å². The van der Waals surface area contributed by atoms with Gasteiger partial charge in [0.2, 0.25) is 0 Å². The molecule has 2 heterocycles. The van der Waals surface area contributed by atoms with Crippen LogP contribution in [-0.4, -0.2) is 9.97 Å². The van der Waals surface area contributed by atoms with Gasteiger partial charge in [0.05, 0.1) is 11.4 Å². The summed E-state index contributed by atoms with van der Waals surface area (Å²) in [4.78, 5) is 10.6. The fourth-order valence-corrected chi connectivity index (χ4v) is 8.81. The van der Waals surface area contributed by atoms with Gasteiger partial charge in [-0.05, 0) is 86.1 Å². The molecule has 0 atom stereocenters. The predicted octanol–water partition coefficient (Wildman–Crippen LogP) is 14.2. The van der Waals surface area contributed by atoms with Crippen molar-refractivity contribution in [3.63, 3.8) is 0 Å². The van der Waals surface area contributed by atoms with Crippen LogP contribution in [0.4, 0.5) is 0 Å². The van der Waals surface area contributed by atoms with Crippen LogP contribution in [0.5, 0.6) is 0 Å². The van der Waals surface area contributed by atoms with Gasteiger partial charge in [-0.25, -0.2) is 9.97 Å². The van der Waals surface area contributed by atoms with Gasteiger partial charge in [-0.3, -0.25) is 0 Å². The largest absolute Gasteiger partial charge is 0.455 e. The van der Waals surface area contributed by atoms with E-state index in [1.165, 1.54) is 44.2 Å². The first-order valence-electron chi connectivity index (χ1n) is 18.9. The third kappa shape index (κ3) is 5.04. The molecule has 0 amide bonds. The fraction of sp³-hybridized carbons (Fsp3) is 0.0769. The fourth-order valence-electron chi connectivity index (χ4n) is 8.81. The van der Waals surface area contributed by atoms with Crippen molar-refractivity contribution in [3.8, 4) is 56.2 Å². The Morgan fingerprint density at radius 3 is 2.02 bits per heavy atom. The monoisotopic (exact) mass is 706 g/mol. The van der Waals surface area contributed by atoms with Crippen molar-refractivity contribution in [2.45, 2.75) is 26.2 Å². The molecule has 2 aromatic heterocycles. The van der Waals surface area contributed by atoms with Crippen LogP contribution in [0.3, 0.4) is 0 Å². The Morgan fingerprint density at radius 2 is 1.22 bits per heavy atom. The van der Waals surface area contributed by atoms with E-state index in [4.69, 9.17) is 14.4 Å². The van der Waals surface area contributed by atoms with Gasteiger partial charge in [-0.2, -0.15) is 0 Å². The normalized spacial score (nSPS) is 13.1. The van der Waals surface area contributed by atoms with Crippen molar-refractivity contribution >= 4 is 44.7 Å². The van der Waals surface area contributed by atoms with Crippen LogP contribution in [0.2, 0.25) is 0 Å². The molecule has 0 N–H and O–H groups in total. The highest BCUT2D eigenvalue weighted by molar-refractivity contribution is 6.11. The van der Waals surface area contributed by atoms with Crippen molar-refractivity contribution in [1.29, 1.82) is 0 Å². The Bertz CT molecular complexity index is 3040. The number of furan rings is 1. The van der Waals surface area contributed by atoms with Crippen LogP contribution in [0, 0.1) is 0 Å². The summed E-state index contributed by atoms with van der Waals surface area (Å²) >= 11 is 0. The van der Waals surface area contributed by atoms with Crippen molar-refractivity contribution < 1.29 is 4.42 Å². The minimum absolute atomic E-state index is 0.126. The van der Waals surface area contributed by atoms with Crippen LogP contribution in [0.15, 0.2) is 163 Å². The summed E-state index contributed by atoms with van der Waals surface area (Å²) in [5.74, 6) is 1.40. The number of rotatable bonds is 6. The number of benzene rings is 7. The third-order valence-electron chi connectivity index (χ3n) is 11.4. The molecular weight excluding hydrogens is 669 g/mol. The minimum atomic E-state index is -0.126. The molecule has 1 aliphatic carbocycles. The second-order valence-corrected chi connectivity index (χ2v) is 14.9. The van der Waals surface area contributed by atoms with Crippen LogP contribution < -0.4 is 0 Å². The van der Waals surface area contributed by atoms with Crippen molar-refractivity contribution in [3.05, 3.63) is 181 Å². The summed E-state index contributed by atoms with van der Waals surface area (Å²) in [5, 5.41) is 5.84. The molecule has 0 aliphatic heterocycles. The van der Waals surface area contributed by atoms with Gasteiger partial charge in [0.1, 0.15) is 11.3 Å². The first-order valence-corrected chi connectivity index (χ1v) is 18.9. The van der Waals surface area contributed by atoms with Crippen LogP contribution in [0.1, 0.15) is 43.2 Å². The molecule has 0 fully saturated rings. The summed E-state index contributed by atoms with van der Waals surface area (Å²) in [6.07, 6.45) is 5.88. The lowest BCUT2D eigenvalue weighted by Crippen LogP contribution is -2.14. The van der Waals surface area contributed by atoms with Gasteiger partial charge in [0.25, 0.3) is 0 Å². The third-order valence-corrected chi connectivity index (χ3v) is 11.4. The van der Waals surface area contributed by atoms with Crippen LogP contribution >= 0.6 is 0 Å². The molecule has 55 heavy (non-hydrogen) atoms. The number of aromatic nitrogens is 2. The molecule has 9 aromatic rings. The number of nitrogens with zero attached hydrogens (tertiary/aromatic N) is 2. The maximum absolute atomic E-state index is 6.49. The van der Waals surface area contributed by atoms with E-state index in [1.54, 1.807) is 6.08 Å². The minimum Gasteiger partial charge on any atom is -0.455 e. The maximum atomic E-state index is 6.49. The summed E-state index contributed by atoms with van der Waals surface area (Å²) in [6, 6.07) is 52.0. The predicted molar refractivity (Wildman–Crippen MR) is 231 cm³/mol. The molecule has 1 aliphatic rings. The van der Waals surface area contributed by atoms with E-state index >= 15 is 0 Å². The first-order chi connectivity index (χ1) is 27.0. The van der Waals surface area contributed by atoms with Gasteiger partial charge >= 0.3 is 0 Å². The summed E-state index contributed by atoms with van der Waals surface area (Å²) in [6.45, 7) is 10.8. The van der Waals surface area contributed by atoms with Crippen LogP contribution in [-0.2, 0) is 5.41 Å². The van der Waals surface area contributed by atoms with E-state index in [-0.39, 0.29) is 5.41 Å². The van der Waals surface area contributed by atoms with Crippen molar-refractivity contribution in [2.75, 3.05) is 0 Å². The molecule has 0 spiro atoms. The molecule has 262 valence electrons. The zero-order valence-corrected chi connectivity index (χ0v) is 31.1. The van der Waals surface area contributed by atoms with Gasteiger partial charge in [0, 0.05) is 33.1 Å². The zero-order valence-electron chi connectivity index (χ0n) is 31.1. The Morgan fingerprint density at radius 1 is 0.564 bits per heavy atom. The second-order valence-electron chi connectivity index (χ2n) is 14.9. The zero-order chi connectivity index (χ0) is 37.3. The Labute approximate surface area is 321 Å². The smallest absolute Gasteiger partial charge is 0.161 e. The van der Waals surface area contributed by atoms with E-state index in [0.717, 1.165) is 61.1 Å². The summed E-state index contributed by atoms with van der Waals surface area (Å²) in [7, 11) is 0. The molecular formula is C52H38N2O. The number of hydrogen-bond acceptors (Lipinski definition) is 3. The lowest BCUT2D eigenvalue weighted by atomic mass is 9.81. The highest BCUT2D eigenvalue weighted by Gasteiger charge is 2.38. The van der Waals surface area contributed by atoms with Gasteiger partial charge in [-0.1, -0.05) is 160 Å². The first kappa shape index (κ1) is 32.8. The maximum Gasteiger partial charge on any atom is 0.161 e. The van der Waals surface area contributed by atoms with Gasteiger partial charge in [-0.15, -0.1) is 0 Å². The number of fused-ring (bicyclic) bond motifs is 7. The Hall–Kier alpha value is -6.84. The van der Waals surface area contributed by atoms with Crippen LogP contribution in [0.25, 0.3) is 101 Å². The topological polar surface area (TPSA) is 38.9 Å². The molecule has 0 radical (unpaired) electrons. The van der Waals surface area contributed by atoms with E-state index in [2.05, 4.69) is 166 Å². The molecule has 10 rings (SSSR count). The number of para-hydroxylation sites is 1. The molecule has 0 saturated carbocycles. The molecule has 0 saturated heterocycles. The van der Waals surface area contributed by atoms with E-state index in [0.29, 0.717) is 5.82 Å². The lowest BCUT2D eigenvalue weighted by molar-refractivity contribution is 0.604. The number of allylic oxidation sites excluding steroid dienone is 1. The SMILES string of the molecule is C=Cc1oc2c(-c3cc(-c4ccccc4)nc(-c4ccc(-c5cccc6c5-c5c(ccc7ccccc57)C6(C)C)c5ccccc45)n3)cccc2c1/C=C\C. The molecule has 3 heteroatoms. The second kappa shape index (κ2) is 12.6. The molecule has 3 nitrogen and oxygen atoms in total. The molecule has 7 aromatic carbocycles. The van der Waals surface area contributed by atoms with E-state index in [9.17, 15) is 0 Å². The van der Waals surface area contributed by atoms with Crippen molar-refractivity contribution in [2.24, 2.45) is 0 Å². The van der Waals surface area contributed by atoms with Crippen molar-refractivity contribution in [1.82, 2.24) is 9.97 Å². The average molecular weight is 707 g/mol. The summed E-state index contributed by atoms with van der Waals surface area (Å²) in [5.41, 5.74) is 14.1. The molecule has 0 unspecified atom stereocenters. The Balaban J connectivity index is 1.21. The number of hydrogen-bond donors (Lipinski definition) is 0. The van der Waals surface area contributed by atoms with Gasteiger partial charge in [0.15, 0.2) is 5.82 Å².